The van der Waals surface area contributed by atoms with Crippen LogP contribution in [0.3, 0.4) is 0 Å². The van der Waals surface area contributed by atoms with E-state index in [0.29, 0.717) is 30.8 Å². The van der Waals surface area contributed by atoms with Crippen molar-refractivity contribution < 1.29 is 17.9 Å². The Balaban J connectivity index is 2.04. The molecule has 0 N–H and O–H groups in total. The van der Waals surface area contributed by atoms with E-state index in [-0.39, 0.29) is 16.8 Å². The Morgan fingerprint density at radius 1 is 1.20 bits per heavy atom. The van der Waals surface area contributed by atoms with Gasteiger partial charge in [-0.05, 0) is 44.0 Å². The van der Waals surface area contributed by atoms with Crippen LogP contribution in [0.2, 0.25) is 0 Å². The van der Waals surface area contributed by atoms with Gasteiger partial charge in [0.2, 0.25) is 0 Å². The molecule has 1 aliphatic rings. The largest absolute Gasteiger partial charge is 0.494 e. The molecule has 0 saturated heterocycles. The summed E-state index contributed by atoms with van der Waals surface area (Å²) in [7, 11) is -3.31. The highest BCUT2D eigenvalue weighted by Crippen LogP contribution is 2.25. The third-order valence-electron chi connectivity index (χ3n) is 3.63. The quantitative estimate of drug-likeness (QED) is 0.757. The lowest BCUT2D eigenvalue weighted by Gasteiger charge is -2.10. The molecular weight excluding hydrogens is 276 g/mol. The van der Waals surface area contributed by atoms with Crippen molar-refractivity contribution in [1.82, 2.24) is 0 Å². The number of ether oxygens (including phenoxy) is 1. The third-order valence-corrected chi connectivity index (χ3v) is 5.78. The van der Waals surface area contributed by atoms with Crippen LogP contribution in [-0.2, 0) is 9.84 Å². The zero-order chi connectivity index (χ0) is 14.6. The number of carbonyl (C=O) groups is 1. The molecule has 20 heavy (non-hydrogen) atoms. The Labute approximate surface area is 120 Å². The molecule has 1 saturated carbocycles. The standard InChI is InChI=1S/C15H20O4S/c1-2-19-13-9-7-12(8-10-13)15(16)11-20(17,18)14-5-3-4-6-14/h7-10,14H,2-6,11H2,1H3. The molecule has 0 aromatic heterocycles. The van der Waals surface area contributed by atoms with Gasteiger partial charge in [0.1, 0.15) is 11.5 Å². The van der Waals surface area contributed by atoms with Gasteiger partial charge < -0.3 is 4.74 Å². The maximum Gasteiger partial charge on any atom is 0.177 e. The minimum absolute atomic E-state index is 0.325. The summed E-state index contributed by atoms with van der Waals surface area (Å²) in [6, 6.07) is 6.63. The molecule has 0 amide bonds. The van der Waals surface area contributed by atoms with Gasteiger partial charge in [0.05, 0.1) is 11.9 Å². The van der Waals surface area contributed by atoms with E-state index in [1.165, 1.54) is 0 Å². The lowest BCUT2D eigenvalue weighted by molar-refractivity contribution is 0.102. The summed E-state index contributed by atoms with van der Waals surface area (Å²) in [6.07, 6.45) is 3.28. The van der Waals surface area contributed by atoms with Gasteiger partial charge in [0.25, 0.3) is 0 Å². The van der Waals surface area contributed by atoms with E-state index >= 15 is 0 Å². The maximum atomic E-state index is 12.1. The van der Waals surface area contributed by atoms with Crippen molar-refractivity contribution >= 4 is 15.6 Å². The second-order valence-electron chi connectivity index (χ2n) is 5.09. The molecule has 2 rings (SSSR count). The van der Waals surface area contributed by atoms with Crippen LogP contribution in [0.1, 0.15) is 43.0 Å². The molecule has 1 fully saturated rings. The number of carbonyl (C=O) groups excluding carboxylic acids is 1. The summed E-state index contributed by atoms with van der Waals surface area (Å²) in [5.74, 6) is -0.0336. The van der Waals surface area contributed by atoms with Gasteiger partial charge in [0.15, 0.2) is 15.6 Å². The Morgan fingerprint density at radius 3 is 2.35 bits per heavy atom. The van der Waals surface area contributed by atoms with E-state index in [1.807, 2.05) is 6.92 Å². The van der Waals surface area contributed by atoms with Gasteiger partial charge >= 0.3 is 0 Å². The monoisotopic (exact) mass is 296 g/mol. The number of rotatable bonds is 6. The summed E-state index contributed by atoms with van der Waals surface area (Å²) in [5.41, 5.74) is 0.426. The number of Topliss-reactive ketones (excluding diaryl/α,β-unsaturated/α-hetero) is 1. The van der Waals surface area contributed by atoms with Gasteiger partial charge in [0, 0.05) is 5.56 Å². The Morgan fingerprint density at radius 2 is 1.80 bits per heavy atom. The highest BCUT2D eigenvalue weighted by atomic mass is 32.2. The van der Waals surface area contributed by atoms with Crippen LogP contribution in [0.5, 0.6) is 5.75 Å². The molecule has 5 heteroatoms. The number of sulfone groups is 1. The summed E-state index contributed by atoms with van der Waals surface area (Å²) in [5, 5.41) is -0.325. The Bertz CT molecular complexity index is 554. The summed E-state index contributed by atoms with van der Waals surface area (Å²) in [6.45, 7) is 2.44. The zero-order valence-corrected chi connectivity index (χ0v) is 12.5. The van der Waals surface area contributed by atoms with Crippen LogP contribution in [-0.4, -0.2) is 31.8 Å². The topological polar surface area (TPSA) is 60.4 Å². The van der Waals surface area contributed by atoms with Crippen molar-refractivity contribution in [1.29, 1.82) is 0 Å². The normalized spacial score (nSPS) is 16.2. The molecule has 0 aliphatic heterocycles. The van der Waals surface area contributed by atoms with Crippen LogP contribution < -0.4 is 4.74 Å². The second-order valence-corrected chi connectivity index (χ2v) is 7.38. The van der Waals surface area contributed by atoms with Crippen molar-refractivity contribution in [3.8, 4) is 5.75 Å². The smallest absolute Gasteiger partial charge is 0.177 e. The first-order chi connectivity index (χ1) is 9.53. The number of hydrogen-bond acceptors (Lipinski definition) is 4. The van der Waals surface area contributed by atoms with Crippen LogP contribution in [0.4, 0.5) is 0 Å². The van der Waals surface area contributed by atoms with E-state index in [2.05, 4.69) is 0 Å². The molecule has 0 radical (unpaired) electrons. The van der Waals surface area contributed by atoms with Crippen molar-refractivity contribution in [3.63, 3.8) is 0 Å². The van der Waals surface area contributed by atoms with E-state index in [1.54, 1.807) is 24.3 Å². The molecule has 1 aromatic carbocycles. The number of benzene rings is 1. The highest BCUT2D eigenvalue weighted by molar-refractivity contribution is 7.92. The summed E-state index contributed by atoms with van der Waals surface area (Å²) >= 11 is 0. The zero-order valence-electron chi connectivity index (χ0n) is 11.7. The third kappa shape index (κ3) is 3.60. The van der Waals surface area contributed by atoms with E-state index in [9.17, 15) is 13.2 Å². The summed E-state index contributed by atoms with van der Waals surface area (Å²) < 4.78 is 29.6. The molecular formula is C15H20O4S. The van der Waals surface area contributed by atoms with Gasteiger partial charge in [-0.25, -0.2) is 8.42 Å². The van der Waals surface area contributed by atoms with Crippen molar-refractivity contribution in [2.24, 2.45) is 0 Å². The fourth-order valence-corrected chi connectivity index (χ4v) is 4.35. The first-order valence-electron chi connectivity index (χ1n) is 7.00. The van der Waals surface area contributed by atoms with Crippen molar-refractivity contribution in [3.05, 3.63) is 29.8 Å². The molecule has 0 spiro atoms. The molecule has 0 bridgehead atoms. The highest BCUT2D eigenvalue weighted by Gasteiger charge is 2.30. The van der Waals surface area contributed by atoms with Crippen molar-refractivity contribution in [2.45, 2.75) is 37.9 Å². The lowest BCUT2D eigenvalue weighted by atomic mass is 10.1. The maximum absolute atomic E-state index is 12.1. The summed E-state index contributed by atoms with van der Waals surface area (Å²) in [4.78, 5) is 12.1. The molecule has 1 aromatic rings. The average molecular weight is 296 g/mol. The minimum Gasteiger partial charge on any atom is -0.494 e. The minimum atomic E-state index is -3.31. The Kier molecular flexibility index (Phi) is 4.81. The van der Waals surface area contributed by atoms with E-state index in [4.69, 9.17) is 4.74 Å². The van der Waals surface area contributed by atoms with Gasteiger partial charge in [-0.2, -0.15) is 0 Å². The van der Waals surface area contributed by atoms with Crippen molar-refractivity contribution in [2.75, 3.05) is 12.4 Å². The van der Waals surface area contributed by atoms with Crippen LogP contribution in [0, 0.1) is 0 Å². The van der Waals surface area contributed by atoms with E-state index in [0.717, 1.165) is 12.8 Å². The van der Waals surface area contributed by atoms with Crippen LogP contribution in [0.15, 0.2) is 24.3 Å². The first kappa shape index (κ1) is 15.0. The number of ketones is 1. The predicted octanol–water partition coefficient (Wildman–Crippen LogP) is 2.63. The number of hydrogen-bond donors (Lipinski definition) is 0. The molecule has 4 nitrogen and oxygen atoms in total. The molecule has 0 heterocycles. The Hall–Kier alpha value is -1.36. The molecule has 0 atom stereocenters. The molecule has 0 unspecified atom stereocenters. The lowest BCUT2D eigenvalue weighted by Crippen LogP contribution is -2.25. The molecule has 110 valence electrons. The predicted molar refractivity (Wildman–Crippen MR) is 78.0 cm³/mol. The SMILES string of the molecule is CCOc1ccc(C(=O)CS(=O)(=O)C2CCCC2)cc1. The molecule has 1 aliphatic carbocycles. The van der Waals surface area contributed by atoms with Gasteiger partial charge in [-0.3, -0.25) is 4.79 Å². The average Bonchev–Trinajstić information content (AvgIpc) is 2.94. The van der Waals surface area contributed by atoms with Gasteiger partial charge in [-0.15, -0.1) is 0 Å². The second kappa shape index (κ2) is 6.39. The first-order valence-corrected chi connectivity index (χ1v) is 8.72. The van der Waals surface area contributed by atoms with Gasteiger partial charge in [-0.1, -0.05) is 12.8 Å². The van der Waals surface area contributed by atoms with E-state index < -0.39 is 9.84 Å². The van der Waals surface area contributed by atoms with Crippen LogP contribution >= 0.6 is 0 Å². The fourth-order valence-electron chi connectivity index (χ4n) is 2.54. The fraction of sp³-hybridized carbons (Fsp3) is 0.533. The van der Waals surface area contributed by atoms with Crippen LogP contribution in [0.25, 0.3) is 0 Å².